The summed E-state index contributed by atoms with van der Waals surface area (Å²) in [6, 6.07) is 0. The minimum Gasteiger partial charge on any atom is -0.449 e. The molecule has 6 heteroatoms. The summed E-state index contributed by atoms with van der Waals surface area (Å²) < 4.78 is 27.7. The zero-order chi connectivity index (χ0) is 11.8. The Bertz CT molecular complexity index is 463. The number of hydrogen-bond donors (Lipinski definition) is 1. The molecule has 1 saturated heterocycles. The lowest BCUT2D eigenvalue weighted by molar-refractivity contribution is 0.194. The molecule has 2 rings (SSSR count). The van der Waals surface area contributed by atoms with Gasteiger partial charge in [-0.05, 0) is 19.3 Å². The third-order valence-corrected chi connectivity index (χ3v) is 4.62. The lowest BCUT2D eigenvalue weighted by atomic mass is 10.1. The lowest BCUT2D eigenvalue weighted by Gasteiger charge is -2.02. The Kier molecular flexibility index (Phi) is 3.03. The molecule has 0 amide bonds. The van der Waals surface area contributed by atoms with Gasteiger partial charge in [0.25, 0.3) is 0 Å². The highest BCUT2D eigenvalue weighted by Crippen LogP contribution is 2.23. The maximum Gasteiger partial charge on any atom is 0.194 e. The Balaban J connectivity index is 2.00. The van der Waals surface area contributed by atoms with Crippen molar-refractivity contribution in [2.45, 2.75) is 25.9 Å². The predicted octanol–water partition coefficient (Wildman–Crippen LogP) is 0.705. The van der Waals surface area contributed by atoms with Gasteiger partial charge in [0, 0.05) is 6.42 Å². The van der Waals surface area contributed by atoms with E-state index < -0.39 is 15.9 Å². The number of sulfone groups is 1. The fourth-order valence-electron chi connectivity index (χ4n) is 1.89. The summed E-state index contributed by atoms with van der Waals surface area (Å²) in [5.74, 6) is 1.10. The molecule has 1 N–H and O–H groups in total. The highest BCUT2D eigenvalue weighted by molar-refractivity contribution is 7.91. The fourth-order valence-corrected chi connectivity index (χ4v) is 3.75. The lowest BCUT2D eigenvalue weighted by Crippen LogP contribution is -2.07. The molecule has 90 valence electrons. The van der Waals surface area contributed by atoms with Crippen LogP contribution in [0.3, 0.4) is 0 Å². The Morgan fingerprint density at radius 3 is 2.94 bits per heavy atom. The third-order valence-electron chi connectivity index (χ3n) is 2.79. The van der Waals surface area contributed by atoms with Crippen molar-refractivity contribution in [2.24, 2.45) is 5.92 Å². The quantitative estimate of drug-likeness (QED) is 0.848. The van der Waals surface area contributed by atoms with E-state index in [0.29, 0.717) is 24.4 Å². The molecule has 0 radical (unpaired) electrons. The average molecular weight is 245 g/mol. The van der Waals surface area contributed by atoms with Gasteiger partial charge in [-0.3, -0.25) is 0 Å². The van der Waals surface area contributed by atoms with E-state index in [2.05, 4.69) is 4.98 Å². The molecule has 5 nitrogen and oxygen atoms in total. The molecule has 1 fully saturated rings. The van der Waals surface area contributed by atoms with Crippen molar-refractivity contribution in [1.29, 1.82) is 0 Å². The molecule has 1 aliphatic heterocycles. The van der Waals surface area contributed by atoms with Gasteiger partial charge in [-0.15, -0.1) is 0 Å². The maximum atomic E-state index is 11.3. The van der Waals surface area contributed by atoms with Crippen LogP contribution in [-0.2, 0) is 16.3 Å². The third kappa shape index (κ3) is 2.62. The van der Waals surface area contributed by atoms with E-state index >= 15 is 0 Å². The number of aliphatic hydroxyl groups excluding tert-OH is 1. The molecule has 0 spiro atoms. The molecule has 0 aliphatic carbocycles. The summed E-state index contributed by atoms with van der Waals surface area (Å²) >= 11 is 0. The number of aromatic nitrogens is 1. The van der Waals surface area contributed by atoms with Gasteiger partial charge < -0.3 is 9.52 Å². The van der Waals surface area contributed by atoms with Crippen LogP contribution in [0.4, 0.5) is 0 Å². The minimum absolute atomic E-state index is 0.102. The first-order valence-electron chi connectivity index (χ1n) is 5.29. The van der Waals surface area contributed by atoms with E-state index in [0.717, 1.165) is 0 Å². The van der Waals surface area contributed by atoms with E-state index in [1.165, 1.54) is 6.26 Å². The number of rotatable bonds is 3. The van der Waals surface area contributed by atoms with Crippen LogP contribution in [0.25, 0.3) is 0 Å². The van der Waals surface area contributed by atoms with Crippen molar-refractivity contribution < 1.29 is 17.9 Å². The van der Waals surface area contributed by atoms with Gasteiger partial charge >= 0.3 is 0 Å². The average Bonchev–Trinajstić information content (AvgIpc) is 2.73. The summed E-state index contributed by atoms with van der Waals surface area (Å²) in [5, 5.41) is 9.26. The molecule has 1 aromatic rings. The Labute approximate surface area is 94.4 Å². The summed E-state index contributed by atoms with van der Waals surface area (Å²) in [4.78, 5) is 4.11. The second kappa shape index (κ2) is 4.18. The van der Waals surface area contributed by atoms with Crippen molar-refractivity contribution in [3.63, 3.8) is 0 Å². The molecule has 0 aromatic carbocycles. The number of oxazole rings is 1. The van der Waals surface area contributed by atoms with Crippen LogP contribution in [0.5, 0.6) is 0 Å². The van der Waals surface area contributed by atoms with Crippen LogP contribution in [0.15, 0.2) is 10.7 Å². The molecule has 0 bridgehead atoms. The molecular formula is C10H15NO4S. The van der Waals surface area contributed by atoms with Crippen LogP contribution in [0.1, 0.15) is 31.0 Å². The SMILES string of the molecule is CC(O)c1coc(CC2CCS(=O)(=O)C2)n1. The summed E-state index contributed by atoms with van der Waals surface area (Å²) in [6.07, 6.45) is 1.98. The summed E-state index contributed by atoms with van der Waals surface area (Å²) in [6.45, 7) is 1.61. The summed E-state index contributed by atoms with van der Waals surface area (Å²) in [7, 11) is -2.84. The van der Waals surface area contributed by atoms with E-state index in [-0.39, 0.29) is 17.4 Å². The second-order valence-corrected chi connectivity index (χ2v) is 6.54. The second-order valence-electron chi connectivity index (χ2n) is 4.32. The van der Waals surface area contributed by atoms with Crippen LogP contribution in [0, 0.1) is 5.92 Å². The van der Waals surface area contributed by atoms with Crippen LogP contribution >= 0.6 is 0 Å². The molecule has 2 unspecified atom stereocenters. The molecule has 2 heterocycles. The summed E-state index contributed by atoms with van der Waals surface area (Å²) in [5.41, 5.74) is 0.496. The van der Waals surface area contributed by atoms with Crippen LogP contribution in [-0.4, -0.2) is 30.0 Å². The minimum atomic E-state index is -2.84. The van der Waals surface area contributed by atoms with Crippen LogP contribution in [0.2, 0.25) is 0 Å². The fraction of sp³-hybridized carbons (Fsp3) is 0.700. The van der Waals surface area contributed by atoms with E-state index in [4.69, 9.17) is 4.42 Å². The molecule has 16 heavy (non-hydrogen) atoms. The van der Waals surface area contributed by atoms with Gasteiger partial charge in [0.15, 0.2) is 15.7 Å². The van der Waals surface area contributed by atoms with Gasteiger partial charge in [0.05, 0.1) is 17.6 Å². The topological polar surface area (TPSA) is 80.4 Å². The van der Waals surface area contributed by atoms with Crippen molar-refractivity contribution in [2.75, 3.05) is 11.5 Å². The Hall–Kier alpha value is -0.880. The van der Waals surface area contributed by atoms with Gasteiger partial charge in [-0.25, -0.2) is 13.4 Å². The Morgan fingerprint density at radius 2 is 2.44 bits per heavy atom. The van der Waals surface area contributed by atoms with Gasteiger partial charge in [-0.2, -0.15) is 0 Å². The predicted molar refractivity (Wildman–Crippen MR) is 57.6 cm³/mol. The first-order chi connectivity index (χ1) is 7.46. The molecular weight excluding hydrogens is 230 g/mol. The standard InChI is InChI=1S/C10H15NO4S/c1-7(12)9-5-15-10(11-9)4-8-2-3-16(13,14)6-8/h5,7-8,12H,2-4,6H2,1H3. The zero-order valence-corrected chi connectivity index (χ0v) is 9.90. The zero-order valence-electron chi connectivity index (χ0n) is 9.09. The Morgan fingerprint density at radius 1 is 1.69 bits per heavy atom. The molecule has 0 saturated carbocycles. The van der Waals surface area contributed by atoms with Crippen molar-refractivity contribution in [3.05, 3.63) is 17.8 Å². The molecule has 2 atom stereocenters. The first-order valence-corrected chi connectivity index (χ1v) is 7.11. The number of aliphatic hydroxyl groups is 1. The van der Waals surface area contributed by atoms with E-state index in [1.807, 2.05) is 0 Å². The van der Waals surface area contributed by atoms with Crippen molar-refractivity contribution >= 4 is 9.84 Å². The van der Waals surface area contributed by atoms with Gasteiger partial charge in [0.1, 0.15) is 12.0 Å². The van der Waals surface area contributed by atoms with Gasteiger partial charge in [0.2, 0.25) is 0 Å². The van der Waals surface area contributed by atoms with Gasteiger partial charge in [-0.1, -0.05) is 0 Å². The highest BCUT2D eigenvalue weighted by Gasteiger charge is 2.29. The first kappa shape index (κ1) is 11.6. The monoisotopic (exact) mass is 245 g/mol. The van der Waals surface area contributed by atoms with Crippen molar-refractivity contribution in [3.8, 4) is 0 Å². The van der Waals surface area contributed by atoms with E-state index in [1.54, 1.807) is 6.92 Å². The molecule has 1 aliphatic rings. The number of nitrogens with zero attached hydrogens (tertiary/aromatic N) is 1. The van der Waals surface area contributed by atoms with Crippen molar-refractivity contribution in [1.82, 2.24) is 4.98 Å². The largest absolute Gasteiger partial charge is 0.449 e. The van der Waals surface area contributed by atoms with Crippen LogP contribution < -0.4 is 0 Å². The normalized spacial score (nSPS) is 25.8. The highest BCUT2D eigenvalue weighted by atomic mass is 32.2. The smallest absolute Gasteiger partial charge is 0.194 e. The number of hydrogen-bond acceptors (Lipinski definition) is 5. The van der Waals surface area contributed by atoms with E-state index in [9.17, 15) is 13.5 Å². The molecule has 1 aromatic heterocycles. The maximum absolute atomic E-state index is 11.3.